The number of ether oxygens (including phenoxy) is 1. The van der Waals surface area contributed by atoms with Crippen LogP contribution in [-0.4, -0.2) is 58.4 Å². The van der Waals surface area contributed by atoms with Crippen LogP contribution in [0.5, 0.6) is 0 Å². The maximum atomic E-state index is 12.0. The second-order valence-electron chi connectivity index (χ2n) is 4.26. The van der Waals surface area contributed by atoms with Crippen molar-refractivity contribution < 1.29 is 13.2 Å². The first kappa shape index (κ1) is 17.8. The number of nitrogens with zero attached hydrogens (tertiary/aromatic N) is 1. The van der Waals surface area contributed by atoms with Gasteiger partial charge in [-0.3, -0.25) is 0 Å². The molecule has 5 nitrogen and oxygen atoms in total. The van der Waals surface area contributed by atoms with E-state index >= 15 is 0 Å². The first-order valence-corrected chi connectivity index (χ1v) is 8.36. The molecule has 0 aromatic rings. The molecule has 0 atom stereocenters. The maximum Gasteiger partial charge on any atom is 0.214 e. The maximum absolute atomic E-state index is 12.0. The van der Waals surface area contributed by atoms with E-state index < -0.39 is 10.0 Å². The second kappa shape index (κ2) is 10.7. The summed E-state index contributed by atoms with van der Waals surface area (Å²) in [5, 5.41) is 3.27. The highest BCUT2D eigenvalue weighted by Gasteiger charge is 2.19. The van der Waals surface area contributed by atoms with Gasteiger partial charge >= 0.3 is 0 Å². The van der Waals surface area contributed by atoms with Crippen molar-refractivity contribution in [3.63, 3.8) is 0 Å². The summed E-state index contributed by atoms with van der Waals surface area (Å²) >= 11 is 0. The van der Waals surface area contributed by atoms with E-state index in [0.29, 0.717) is 26.1 Å². The zero-order valence-electron chi connectivity index (χ0n) is 11.9. The quantitative estimate of drug-likeness (QED) is 0.543. The molecule has 0 aromatic heterocycles. The van der Waals surface area contributed by atoms with E-state index in [9.17, 15) is 8.42 Å². The molecule has 0 rings (SSSR count). The number of rotatable bonds is 12. The fraction of sp³-hybridized carbons (Fsp3) is 1.00. The van der Waals surface area contributed by atoms with Gasteiger partial charge in [-0.2, -0.15) is 4.31 Å². The fourth-order valence-corrected chi connectivity index (χ4v) is 3.23. The number of hydrogen-bond acceptors (Lipinski definition) is 4. The predicted molar refractivity (Wildman–Crippen MR) is 75.3 cm³/mol. The van der Waals surface area contributed by atoms with Crippen molar-refractivity contribution >= 4 is 10.0 Å². The third-order valence-corrected chi connectivity index (χ3v) is 4.76. The molecule has 110 valence electrons. The molecule has 0 aromatic carbocycles. The zero-order chi connectivity index (χ0) is 13.9. The molecular weight excluding hydrogens is 252 g/mol. The van der Waals surface area contributed by atoms with Gasteiger partial charge in [0.15, 0.2) is 0 Å². The van der Waals surface area contributed by atoms with Crippen molar-refractivity contribution in [2.45, 2.75) is 33.1 Å². The van der Waals surface area contributed by atoms with Crippen molar-refractivity contribution in [3.8, 4) is 0 Å². The second-order valence-corrected chi connectivity index (χ2v) is 6.35. The Balaban J connectivity index is 3.89. The topological polar surface area (TPSA) is 58.6 Å². The molecule has 0 radical (unpaired) electrons. The third-order valence-electron chi connectivity index (χ3n) is 2.72. The molecule has 0 heterocycles. The lowest BCUT2D eigenvalue weighted by Gasteiger charge is -2.19. The summed E-state index contributed by atoms with van der Waals surface area (Å²) in [4.78, 5) is 0. The monoisotopic (exact) mass is 280 g/mol. The Morgan fingerprint density at radius 2 is 1.89 bits per heavy atom. The van der Waals surface area contributed by atoms with Crippen LogP contribution in [0.25, 0.3) is 0 Å². The molecule has 0 saturated heterocycles. The van der Waals surface area contributed by atoms with Crippen LogP contribution in [0.15, 0.2) is 0 Å². The normalized spacial score (nSPS) is 12.2. The van der Waals surface area contributed by atoms with Gasteiger partial charge in [0.1, 0.15) is 0 Å². The molecule has 1 N–H and O–H groups in total. The van der Waals surface area contributed by atoms with Crippen molar-refractivity contribution in [2.75, 3.05) is 45.6 Å². The molecule has 0 aliphatic rings. The third kappa shape index (κ3) is 8.02. The van der Waals surface area contributed by atoms with Gasteiger partial charge in [-0.05, 0) is 32.4 Å². The Morgan fingerprint density at radius 3 is 2.44 bits per heavy atom. The highest BCUT2D eigenvalue weighted by molar-refractivity contribution is 7.89. The zero-order valence-corrected chi connectivity index (χ0v) is 12.8. The van der Waals surface area contributed by atoms with Gasteiger partial charge in [-0.1, -0.05) is 13.8 Å². The van der Waals surface area contributed by atoms with Crippen LogP contribution in [0.1, 0.15) is 33.1 Å². The van der Waals surface area contributed by atoms with Gasteiger partial charge in [-0.25, -0.2) is 8.42 Å². The predicted octanol–water partition coefficient (Wildman–Crippen LogP) is 1.06. The summed E-state index contributed by atoms with van der Waals surface area (Å²) in [6.07, 6.45) is 2.72. The minimum atomic E-state index is -3.11. The summed E-state index contributed by atoms with van der Waals surface area (Å²) in [5.41, 5.74) is 0. The Bertz CT molecular complexity index is 281. The number of unbranched alkanes of at least 4 members (excludes halogenated alkanes) is 1. The Kier molecular flexibility index (Phi) is 10.6. The average Bonchev–Trinajstić information content (AvgIpc) is 2.34. The van der Waals surface area contributed by atoms with Gasteiger partial charge < -0.3 is 10.1 Å². The molecule has 0 aliphatic carbocycles. The fourth-order valence-electron chi connectivity index (χ4n) is 1.65. The van der Waals surface area contributed by atoms with Crippen LogP contribution in [0, 0.1) is 0 Å². The number of hydrogen-bond donors (Lipinski definition) is 1. The largest absolute Gasteiger partial charge is 0.383 e. The minimum absolute atomic E-state index is 0.234. The van der Waals surface area contributed by atoms with E-state index in [1.807, 2.05) is 6.92 Å². The summed E-state index contributed by atoms with van der Waals surface area (Å²) in [6.45, 7) is 7.28. The van der Waals surface area contributed by atoms with Crippen LogP contribution >= 0.6 is 0 Å². The Morgan fingerprint density at radius 1 is 1.17 bits per heavy atom. The van der Waals surface area contributed by atoms with Crippen molar-refractivity contribution in [1.29, 1.82) is 0 Å². The molecular formula is C12H28N2O3S. The van der Waals surface area contributed by atoms with Gasteiger partial charge in [0.2, 0.25) is 10.0 Å². The van der Waals surface area contributed by atoms with Gasteiger partial charge in [0.05, 0.1) is 12.4 Å². The molecule has 0 amide bonds. The van der Waals surface area contributed by atoms with Crippen LogP contribution < -0.4 is 5.32 Å². The Hall–Kier alpha value is -0.170. The molecule has 0 saturated carbocycles. The number of likely N-dealkylation sites (N-methyl/N-ethyl adjacent to an activating group) is 1. The lowest BCUT2D eigenvalue weighted by molar-refractivity contribution is 0.180. The molecule has 0 bridgehead atoms. The molecule has 0 unspecified atom stereocenters. The van der Waals surface area contributed by atoms with Crippen LogP contribution in [0.4, 0.5) is 0 Å². The number of nitrogens with one attached hydrogen (secondary N) is 1. The highest BCUT2D eigenvalue weighted by atomic mass is 32.2. The van der Waals surface area contributed by atoms with Crippen LogP contribution in [-0.2, 0) is 14.8 Å². The van der Waals surface area contributed by atoms with E-state index in [4.69, 9.17) is 4.74 Å². The van der Waals surface area contributed by atoms with E-state index in [0.717, 1.165) is 25.9 Å². The van der Waals surface area contributed by atoms with Crippen LogP contribution in [0.2, 0.25) is 0 Å². The minimum Gasteiger partial charge on any atom is -0.383 e. The first-order valence-electron chi connectivity index (χ1n) is 6.76. The lowest BCUT2D eigenvalue weighted by atomic mass is 10.3. The molecule has 0 fully saturated rings. The van der Waals surface area contributed by atoms with Crippen molar-refractivity contribution in [2.24, 2.45) is 0 Å². The van der Waals surface area contributed by atoms with Gasteiger partial charge in [-0.15, -0.1) is 0 Å². The molecule has 18 heavy (non-hydrogen) atoms. The van der Waals surface area contributed by atoms with Crippen LogP contribution in [0.3, 0.4) is 0 Å². The highest BCUT2D eigenvalue weighted by Crippen LogP contribution is 2.04. The lowest BCUT2D eigenvalue weighted by Crippen LogP contribution is -2.35. The molecule has 6 heteroatoms. The van der Waals surface area contributed by atoms with Gasteiger partial charge in [0, 0.05) is 20.2 Å². The molecule has 0 aliphatic heterocycles. The number of methoxy groups -OCH3 is 1. The standard InChI is InChI=1S/C12H28N2O3S/c1-4-8-13-9-6-7-12-18(15,16)14(5-2)10-11-17-3/h13H,4-12H2,1-3H3. The summed E-state index contributed by atoms with van der Waals surface area (Å²) < 4.78 is 30.4. The molecule has 0 spiro atoms. The first-order chi connectivity index (χ1) is 8.58. The van der Waals surface area contributed by atoms with E-state index in [1.54, 1.807) is 7.11 Å². The Labute approximate surface area is 112 Å². The smallest absolute Gasteiger partial charge is 0.214 e. The summed E-state index contributed by atoms with van der Waals surface area (Å²) in [5.74, 6) is 0.234. The van der Waals surface area contributed by atoms with Crippen molar-refractivity contribution in [3.05, 3.63) is 0 Å². The summed E-state index contributed by atoms with van der Waals surface area (Å²) in [6, 6.07) is 0. The average molecular weight is 280 g/mol. The van der Waals surface area contributed by atoms with Gasteiger partial charge in [0.25, 0.3) is 0 Å². The van der Waals surface area contributed by atoms with E-state index in [1.165, 1.54) is 4.31 Å². The number of sulfonamides is 1. The summed E-state index contributed by atoms with van der Waals surface area (Å²) in [7, 11) is -1.53. The van der Waals surface area contributed by atoms with E-state index in [-0.39, 0.29) is 5.75 Å². The van der Waals surface area contributed by atoms with Crippen molar-refractivity contribution in [1.82, 2.24) is 9.62 Å². The van der Waals surface area contributed by atoms with E-state index in [2.05, 4.69) is 12.2 Å². The SMILES string of the molecule is CCCNCCCCS(=O)(=O)N(CC)CCOC.